The standard InChI is InChI=1S/C20H33N5O.HI/c1-4-21-20(22-16-18-6-5-11-23(18)2)25-14-12-24(13-15-25)17-7-9-19(26-3)10-8-17;/h7-10,18H,4-6,11-16H2,1-3H3,(H,21,22);1H. The number of guanidine groups is 1. The van der Waals surface area contributed by atoms with Gasteiger partial charge in [0.25, 0.3) is 0 Å². The Morgan fingerprint density at radius 1 is 1.15 bits per heavy atom. The van der Waals surface area contributed by atoms with Crippen molar-refractivity contribution < 1.29 is 4.74 Å². The summed E-state index contributed by atoms with van der Waals surface area (Å²) >= 11 is 0. The number of benzene rings is 1. The van der Waals surface area contributed by atoms with Crippen LogP contribution in [0.15, 0.2) is 29.3 Å². The van der Waals surface area contributed by atoms with Gasteiger partial charge in [0.2, 0.25) is 0 Å². The number of likely N-dealkylation sites (N-methyl/N-ethyl adjacent to an activating group) is 1. The normalized spacial score (nSPS) is 21.1. The molecule has 1 unspecified atom stereocenters. The summed E-state index contributed by atoms with van der Waals surface area (Å²) in [6.45, 7) is 9.19. The van der Waals surface area contributed by atoms with Crippen LogP contribution in [0.5, 0.6) is 5.75 Å². The fraction of sp³-hybridized carbons (Fsp3) is 0.650. The zero-order valence-corrected chi connectivity index (χ0v) is 19.2. The monoisotopic (exact) mass is 487 g/mol. The molecule has 1 aromatic rings. The number of piperazine rings is 1. The topological polar surface area (TPSA) is 43.3 Å². The zero-order valence-electron chi connectivity index (χ0n) is 16.9. The zero-order chi connectivity index (χ0) is 18.4. The maximum absolute atomic E-state index is 5.25. The van der Waals surface area contributed by atoms with Crippen LogP contribution in [0.1, 0.15) is 19.8 Å². The van der Waals surface area contributed by atoms with Crippen LogP contribution < -0.4 is 15.0 Å². The van der Waals surface area contributed by atoms with E-state index in [2.05, 4.69) is 46.1 Å². The Morgan fingerprint density at radius 3 is 2.41 bits per heavy atom. The van der Waals surface area contributed by atoms with Gasteiger partial charge < -0.3 is 24.8 Å². The van der Waals surface area contributed by atoms with E-state index in [1.807, 2.05) is 12.1 Å². The molecule has 1 atom stereocenters. The molecule has 2 aliphatic rings. The molecule has 2 aliphatic heterocycles. The quantitative estimate of drug-likeness (QED) is 0.393. The van der Waals surface area contributed by atoms with Crippen LogP contribution in [0, 0.1) is 0 Å². The number of methoxy groups -OCH3 is 1. The van der Waals surface area contributed by atoms with Crippen molar-refractivity contribution in [2.75, 3.05) is 64.9 Å². The lowest BCUT2D eigenvalue weighted by atomic mass is 10.2. The molecule has 0 bridgehead atoms. The lowest BCUT2D eigenvalue weighted by Gasteiger charge is -2.38. The molecule has 1 N–H and O–H groups in total. The van der Waals surface area contributed by atoms with E-state index in [1.165, 1.54) is 25.1 Å². The number of halogens is 1. The van der Waals surface area contributed by atoms with Gasteiger partial charge >= 0.3 is 0 Å². The average molecular weight is 487 g/mol. The molecule has 152 valence electrons. The molecule has 0 saturated carbocycles. The maximum Gasteiger partial charge on any atom is 0.194 e. The van der Waals surface area contributed by atoms with Gasteiger partial charge in [0, 0.05) is 44.5 Å². The molecule has 0 spiro atoms. The summed E-state index contributed by atoms with van der Waals surface area (Å²) in [6, 6.07) is 8.95. The van der Waals surface area contributed by atoms with Gasteiger partial charge in [-0.3, -0.25) is 4.99 Å². The van der Waals surface area contributed by atoms with Crippen LogP contribution in [0.25, 0.3) is 0 Å². The number of aliphatic imine (C=N–C) groups is 1. The van der Waals surface area contributed by atoms with E-state index in [4.69, 9.17) is 9.73 Å². The van der Waals surface area contributed by atoms with E-state index >= 15 is 0 Å². The van der Waals surface area contributed by atoms with E-state index < -0.39 is 0 Å². The van der Waals surface area contributed by atoms with Crippen molar-refractivity contribution in [3.05, 3.63) is 24.3 Å². The van der Waals surface area contributed by atoms with Gasteiger partial charge in [0.05, 0.1) is 13.7 Å². The van der Waals surface area contributed by atoms with E-state index in [1.54, 1.807) is 7.11 Å². The van der Waals surface area contributed by atoms with Crippen LogP contribution in [0.4, 0.5) is 5.69 Å². The van der Waals surface area contributed by atoms with Crippen molar-refractivity contribution in [2.45, 2.75) is 25.8 Å². The fourth-order valence-electron chi connectivity index (χ4n) is 3.80. The minimum atomic E-state index is 0. The third-order valence-electron chi connectivity index (χ3n) is 5.47. The first-order valence-electron chi connectivity index (χ1n) is 9.83. The molecular formula is C20H34IN5O. The van der Waals surface area contributed by atoms with Gasteiger partial charge in [-0.05, 0) is 57.6 Å². The van der Waals surface area contributed by atoms with E-state index in [0.29, 0.717) is 6.04 Å². The molecule has 6 nitrogen and oxygen atoms in total. The first-order valence-corrected chi connectivity index (χ1v) is 9.83. The molecule has 2 fully saturated rings. The lowest BCUT2D eigenvalue weighted by molar-refractivity contribution is 0.314. The van der Waals surface area contributed by atoms with Gasteiger partial charge in [-0.1, -0.05) is 0 Å². The van der Waals surface area contributed by atoms with Crippen molar-refractivity contribution in [2.24, 2.45) is 4.99 Å². The van der Waals surface area contributed by atoms with Gasteiger partial charge in [-0.25, -0.2) is 0 Å². The summed E-state index contributed by atoms with van der Waals surface area (Å²) in [6.07, 6.45) is 2.57. The number of nitrogens with one attached hydrogen (secondary N) is 1. The second-order valence-corrected chi connectivity index (χ2v) is 7.14. The predicted octanol–water partition coefficient (Wildman–Crippen LogP) is 2.49. The van der Waals surface area contributed by atoms with E-state index in [0.717, 1.165) is 51.0 Å². The Kier molecular flexibility index (Phi) is 8.95. The highest BCUT2D eigenvalue weighted by molar-refractivity contribution is 14.0. The first kappa shape index (κ1) is 22.1. The van der Waals surface area contributed by atoms with E-state index in [-0.39, 0.29) is 24.0 Å². The fourth-order valence-corrected chi connectivity index (χ4v) is 3.80. The Labute approximate surface area is 181 Å². The lowest BCUT2D eigenvalue weighted by Crippen LogP contribution is -2.52. The molecule has 2 saturated heterocycles. The number of hydrogen-bond donors (Lipinski definition) is 1. The smallest absolute Gasteiger partial charge is 0.194 e. The predicted molar refractivity (Wildman–Crippen MR) is 124 cm³/mol. The Bertz CT molecular complexity index is 587. The third kappa shape index (κ3) is 5.88. The highest BCUT2D eigenvalue weighted by Gasteiger charge is 2.23. The number of nitrogens with zero attached hydrogens (tertiary/aromatic N) is 4. The molecule has 7 heteroatoms. The number of likely N-dealkylation sites (tertiary alicyclic amines) is 1. The van der Waals surface area contributed by atoms with Crippen LogP contribution in [0.3, 0.4) is 0 Å². The van der Waals surface area contributed by atoms with Gasteiger partial charge in [-0.2, -0.15) is 0 Å². The maximum atomic E-state index is 5.25. The molecular weight excluding hydrogens is 453 g/mol. The Balaban J connectivity index is 0.00000261. The van der Waals surface area contributed by atoms with Crippen molar-refractivity contribution in [1.29, 1.82) is 0 Å². The van der Waals surface area contributed by atoms with Crippen LogP contribution in [0.2, 0.25) is 0 Å². The highest BCUT2D eigenvalue weighted by atomic mass is 127. The summed E-state index contributed by atoms with van der Waals surface area (Å²) in [5.74, 6) is 1.98. The molecule has 2 heterocycles. The summed E-state index contributed by atoms with van der Waals surface area (Å²) in [7, 11) is 3.92. The van der Waals surface area contributed by atoms with Crippen LogP contribution >= 0.6 is 24.0 Å². The van der Waals surface area contributed by atoms with E-state index in [9.17, 15) is 0 Å². The number of anilines is 1. The molecule has 1 aromatic carbocycles. The van der Waals surface area contributed by atoms with Gasteiger partial charge in [-0.15, -0.1) is 24.0 Å². The summed E-state index contributed by atoms with van der Waals surface area (Å²) in [5, 5.41) is 3.48. The number of ether oxygens (including phenoxy) is 1. The summed E-state index contributed by atoms with van der Waals surface area (Å²) in [5.41, 5.74) is 1.26. The summed E-state index contributed by atoms with van der Waals surface area (Å²) in [4.78, 5) is 12.2. The minimum Gasteiger partial charge on any atom is -0.497 e. The van der Waals surface area contributed by atoms with Crippen molar-refractivity contribution >= 4 is 35.6 Å². The molecule has 27 heavy (non-hydrogen) atoms. The molecule has 0 radical (unpaired) electrons. The Hall–Kier alpha value is -1.22. The van der Waals surface area contributed by atoms with Crippen LogP contribution in [-0.4, -0.2) is 81.8 Å². The number of hydrogen-bond acceptors (Lipinski definition) is 4. The molecule has 0 aromatic heterocycles. The minimum absolute atomic E-state index is 0. The molecule has 0 amide bonds. The van der Waals surface area contributed by atoms with Gasteiger partial charge in [0.15, 0.2) is 5.96 Å². The number of rotatable bonds is 5. The van der Waals surface area contributed by atoms with Crippen molar-refractivity contribution in [1.82, 2.24) is 15.1 Å². The second kappa shape index (κ2) is 10.9. The van der Waals surface area contributed by atoms with Crippen LogP contribution in [-0.2, 0) is 0 Å². The largest absolute Gasteiger partial charge is 0.497 e. The van der Waals surface area contributed by atoms with Crippen molar-refractivity contribution in [3.8, 4) is 5.75 Å². The molecule has 0 aliphatic carbocycles. The first-order chi connectivity index (χ1) is 12.7. The van der Waals surface area contributed by atoms with Crippen molar-refractivity contribution in [3.63, 3.8) is 0 Å². The highest BCUT2D eigenvalue weighted by Crippen LogP contribution is 2.20. The SMILES string of the molecule is CCNC(=NCC1CCCN1C)N1CCN(c2ccc(OC)cc2)CC1.I. The average Bonchev–Trinajstić information content (AvgIpc) is 3.10. The Morgan fingerprint density at radius 2 is 1.85 bits per heavy atom. The third-order valence-corrected chi connectivity index (χ3v) is 5.47. The molecule has 3 rings (SSSR count). The summed E-state index contributed by atoms with van der Waals surface area (Å²) < 4.78 is 5.25. The van der Waals surface area contributed by atoms with Gasteiger partial charge in [0.1, 0.15) is 5.75 Å². The second-order valence-electron chi connectivity index (χ2n) is 7.14.